The molecule has 0 aliphatic carbocycles. The molecule has 3 atom stereocenters. The number of imidazole rings is 1. The summed E-state index contributed by atoms with van der Waals surface area (Å²) in [4.78, 5) is 33.1. The van der Waals surface area contributed by atoms with E-state index < -0.39 is 11.8 Å². The third-order valence-corrected chi connectivity index (χ3v) is 8.29. The van der Waals surface area contributed by atoms with Gasteiger partial charge in [0.2, 0.25) is 0 Å². The van der Waals surface area contributed by atoms with E-state index in [0.717, 1.165) is 28.6 Å². The molecule has 3 unspecified atom stereocenters. The van der Waals surface area contributed by atoms with Gasteiger partial charge in [-0.05, 0) is 35.6 Å². The Morgan fingerprint density at radius 2 is 1.58 bits per heavy atom. The zero-order valence-electron chi connectivity index (χ0n) is 22.1. The number of amides is 1. The third kappa shape index (κ3) is 4.74. The van der Waals surface area contributed by atoms with Crippen LogP contribution in [0.3, 0.4) is 0 Å². The molecular formula is C31H36N4O3. The van der Waals surface area contributed by atoms with Gasteiger partial charge in [-0.3, -0.25) is 14.4 Å². The number of hydrogen-bond acceptors (Lipinski definition) is 3. The van der Waals surface area contributed by atoms with Gasteiger partial charge in [0, 0.05) is 32.1 Å². The minimum absolute atomic E-state index is 0.0229. The molecule has 2 heterocycles. The van der Waals surface area contributed by atoms with Gasteiger partial charge in [0.25, 0.3) is 0 Å². The van der Waals surface area contributed by atoms with Gasteiger partial charge in [-0.25, -0.2) is 9.59 Å². The van der Waals surface area contributed by atoms with E-state index in [1.54, 1.807) is 4.90 Å². The van der Waals surface area contributed by atoms with E-state index in [1.165, 1.54) is 0 Å². The summed E-state index contributed by atoms with van der Waals surface area (Å²) < 4.78 is 1.86. The standard InChI is InChI=1S/C31H36N4O3/c1-3-23(2)31(33(21-24-12-6-4-7-13-24)22-25-14-8-5-9-15-25)20-26(18-19-34(31)30(37)38)35-28-17-11-10-16-27(28)32-29(35)36/h4-17,23,26H,3,18-22H2,1-2H3,(H,32,36)(H,37,38). The Balaban J connectivity index is 1.66. The van der Waals surface area contributed by atoms with Crippen LogP contribution < -0.4 is 5.69 Å². The molecule has 1 amide bonds. The van der Waals surface area contributed by atoms with Crippen molar-refractivity contribution in [2.24, 2.45) is 5.92 Å². The van der Waals surface area contributed by atoms with Gasteiger partial charge in [-0.15, -0.1) is 0 Å². The van der Waals surface area contributed by atoms with E-state index in [2.05, 4.69) is 48.0 Å². The first-order valence-corrected chi connectivity index (χ1v) is 13.5. The Labute approximate surface area is 223 Å². The number of nitrogens with zero attached hydrogens (tertiary/aromatic N) is 3. The van der Waals surface area contributed by atoms with E-state index in [1.807, 2.05) is 65.2 Å². The summed E-state index contributed by atoms with van der Waals surface area (Å²) in [5, 5.41) is 10.6. The van der Waals surface area contributed by atoms with Crippen molar-refractivity contribution in [3.05, 3.63) is 107 Å². The smallest absolute Gasteiger partial charge is 0.408 e. The Kier molecular flexibility index (Phi) is 7.38. The van der Waals surface area contributed by atoms with Crippen LogP contribution in [0.15, 0.2) is 89.7 Å². The maximum absolute atomic E-state index is 13.2. The molecule has 0 bridgehead atoms. The van der Waals surface area contributed by atoms with E-state index in [9.17, 15) is 14.7 Å². The molecule has 2 N–H and O–H groups in total. The Hall–Kier alpha value is -3.84. The summed E-state index contributed by atoms with van der Waals surface area (Å²) in [5.74, 6) is 0.0229. The lowest BCUT2D eigenvalue weighted by molar-refractivity contribution is -0.125. The molecular weight excluding hydrogens is 476 g/mol. The number of likely N-dealkylation sites (tertiary alicyclic amines) is 1. The van der Waals surface area contributed by atoms with Crippen LogP contribution in [0.2, 0.25) is 0 Å². The van der Waals surface area contributed by atoms with E-state index in [-0.39, 0.29) is 17.6 Å². The summed E-state index contributed by atoms with van der Waals surface area (Å²) in [5.41, 5.74) is 2.97. The average molecular weight is 513 g/mol. The van der Waals surface area contributed by atoms with Crippen LogP contribution in [0, 0.1) is 5.92 Å². The highest BCUT2D eigenvalue weighted by molar-refractivity contribution is 5.75. The van der Waals surface area contributed by atoms with Crippen LogP contribution in [0.5, 0.6) is 0 Å². The van der Waals surface area contributed by atoms with Crippen LogP contribution in [0.25, 0.3) is 11.0 Å². The fraction of sp³-hybridized carbons (Fsp3) is 0.355. The number of fused-ring (bicyclic) bond motifs is 1. The molecule has 1 aliphatic rings. The number of carboxylic acid groups (broad SMARTS) is 1. The number of H-pyrrole nitrogens is 1. The quantitative estimate of drug-likeness (QED) is 0.299. The van der Waals surface area contributed by atoms with Crippen molar-refractivity contribution in [2.75, 3.05) is 6.54 Å². The number of aromatic amines is 1. The van der Waals surface area contributed by atoms with Crippen LogP contribution in [-0.4, -0.2) is 42.8 Å². The normalized spacial score (nSPS) is 20.6. The van der Waals surface area contributed by atoms with Crippen molar-refractivity contribution in [3.63, 3.8) is 0 Å². The molecule has 38 heavy (non-hydrogen) atoms. The van der Waals surface area contributed by atoms with Crippen molar-refractivity contribution in [2.45, 2.75) is 57.9 Å². The van der Waals surface area contributed by atoms with Crippen molar-refractivity contribution >= 4 is 17.1 Å². The molecule has 1 fully saturated rings. The zero-order valence-corrected chi connectivity index (χ0v) is 22.1. The Morgan fingerprint density at radius 1 is 1.00 bits per heavy atom. The molecule has 0 saturated carbocycles. The Bertz CT molecular complexity index is 1390. The molecule has 7 heteroatoms. The summed E-state index contributed by atoms with van der Waals surface area (Å²) in [7, 11) is 0. The number of piperidine rings is 1. The van der Waals surface area contributed by atoms with Gasteiger partial charge in [-0.2, -0.15) is 0 Å². The highest BCUT2D eigenvalue weighted by Gasteiger charge is 2.52. The highest BCUT2D eigenvalue weighted by Crippen LogP contribution is 2.45. The lowest BCUT2D eigenvalue weighted by Crippen LogP contribution is -2.68. The van der Waals surface area contributed by atoms with Gasteiger partial charge < -0.3 is 10.1 Å². The molecule has 1 saturated heterocycles. The summed E-state index contributed by atoms with van der Waals surface area (Å²) >= 11 is 0. The second kappa shape index (κ2) is 10.9. The number of rotatable bonds is 8. The second-order valence-electron chi connectivity index (χ2n) is 10.4. The van der Waals surface area contributed by atoms with Crippen molar-refractivity contribution in [1.29, 1.82) is 0 Å². The molecule has 198 valence electrons. The predicted molar refractivity (Wildman–Crippen MR) is 150 cm³/mol. The predicted octanol–water partition coefficient (Wildman–Crippen LogP) is 6.09. The van der Waals surface area contributed by atoms with Crippen LogP contribution >= 0.6 is 0 Å². The molecule has 7 nitrogen and oxygen atoms in total. The number of carbonyl (C=O) groups is 1. The number of hydrogen-bond donors (Lipinski definition) is 2. The van der Waals surface area contributed by atoms with Gasteiger partial charge in [0.1, 0.15) is 5.66 Å². The Morgan fingerprint density at radius 3 is 2.16 bits per heavy atom. The molecule has 0 spiro atoms. The van der Waals surface area contributed by atoms with Crippen molar-refractivity contribution < 1.29 is 9.90 Å². The minimum atomic E-state index is -0.916. The summed E-state index contributed by atoms with van der Waals surface area (Å²) in [6.45, 7) is 5.82. The van der Waals surface area contributed by atoms with Gasteiger partial charge in [0.05, 0.1) is 11.0 Å². The number of benzene rings is 3. The first-order valence-electron chi connectivity index (χ1n) is 13.5. The summed E-state index contributed by atoms with van der Waals surface area (Å²) in [6, 6.07) is 28.1. The molecule has 0 radical (unpaired) electrons. The molecule has 1 aromatic heterocycles. The first kappa shape index (κ1) is 25.8. The summed E-state index contributed by atoms with van der Waals surface area (Å²) in [6.07, 6.45) is 0.993. The topological polar surface area (TPSA) is 81.6 Å². The van der Waals surface area contributed by atoms with Gasteiger partial charge in [-0.1, -0.05) is 93.1 Å². The number of para-hydroxylation sites is 2. The zero-order chi connectivity index (χ0) is 26.7. The number of aromatic nitrogens is 2. The van der Waals surface area contributed by atoms with Crippen molar-refractivity contribution in [3.8, 4) is 0 Å². The van der Waals surface area contributed by atoms with E-state index >= 15 is 0 Å². The van der Waals surface area contributed by atoms with Crippen molar-refractivity contribution in [1.82, 2.24) is 19.4 Å². The molecule has 5 rings (SSSR count). The van der Waals surface area contributed by atoms with Gasteiger partial charge >= 0.3 is 11.8 Å². The van der Waals surface area contributed by atoms with Gasteiger partial charge in [0.15, 0.2) is 0 Å². The second-order valence-corrected chi connectivity index (χ2v) is 10.4. The minimum Gasteiger partial charge on any atom is -0.465 e. The largest absolute Gasteiger partial charge is 0.465 e. The SMILES string of the molecule is CCC(C)C1(N(Cc2ccccc2)Cc2ccccc2)CC(n2c(=O)[nH]c3ccccc32)CCN1C(=O)O. The van der Waals surface area contributed by atoms with E-state index in [0.29, 0.717) is 32.5 Å². The maximum atomic E-state index is 13.2. The fourth-order valence-electron chi connectivity index (χ4n) is 6.29. The molecule has 3 aromatic carbocycles. The van der Waals surface area contributed by atoms with E-state index in [4.69, 9.17) is 0 Å². The maximum Gasteiger partial charge on any atom is 0.408 e. The molecule has 4 aromatic rings. The first-order chi connectivity index (χ1) is 18.4. The monoisotopic (exact) mass is 512 g/mol. The fourth-order valence-corrected chi connectivity index (χ4v) is 6.29. The van der Waals surface area contributed by atoms with Crippen LogP contribution in [-0.2, 0) is 13.1 Å². The highest BCUT2D eigenvalue weighted by atomic mass is 16.4. The average Bonchev–Trinajstić information content (AvgIpc) is 3.28. The lowest BCUT2D eigenvalue weighted by atomic mass is 9.78. The van der Waals surface area contributed by atoms with Crippen LogP contribution in [0.1, 0.15) is 50.3 Å². The third-order valence-electron chi connectivity index (χ3n) is 8.29. The molecule has 1 aliphatic heterocycles. The van der Waals surface area contributed by atoms with Crippen LogP contribution in [0.4, 0.5) is 4.79 Å². The lowest BCUT2D eigenvalue weighted by Gasteiger charge is -2.57. The number of nitrogens with one attached hydrogen (secondary N) is 1.